The van der Waals surface area contributed by atoms with Gasteiger partial charge in [-0.25, -0.2) is 4.79 Å². The van der Waals surface area contributed by atoms with E-state index in [1.165, 1.54) is 19.1 Å². The average Bonchev–Trinajstić information content (AvgIpc) is 1.65. The Morgan fingerprint density at radius 1 is 0.765 bits per heavy atom. The van der Waals surface area contributed by atoms with Crippen LogP contribution in [0.15, 0.2) is 53.6 Å². The number of aromatic amines is 1. The van der Waals surface area contributed by atoms with Gasteiger partial charge in [0.25, 0.3) is 0 Å². The first kappa shape index (κ1) is 79.5. The zero-order valence-corrected chi connectivity index (χ0v) is 57.2. The summed E-state index contributed by atoms with van der Waals surface area (Å²) in [6, 6.07) is 2.48. The number of hydrogen-bond donors (Lipinski definition) is 17. The van der Waals surface area contributed by atoms with Crippen LogP contribution in [0.4, 0.5) is 10.5 Å². The first-order valence-electron chi connectivity index (χ1n) is 32.7. The molecule has 1 saturated heterocycles. The Labute approximate surface area is 571 Å². The second kappa shape index (κ2) is 38.1. The highest BCUT2D eigenvalue weighted by Gasteiger charge is 2.42. The minimum Gasteiger partial charge on any atom is -0.394 e. The van der Waals surface area contributed by atoms with Crippen molar-refractivity contribution < 1.29 is 82.4 Å². The van der Waals surface area contributed by atoms with Crippen LogP contribution in [0, 0.1) is 29.6 Å². The van der Waals surface area contributed by atoms with Gasteiger partial charge in [-0.15, -0.1) is 11.8 Å². The molecule has 14 amide bonds. The van der Waals surface area contributed by atoms with Crippen molar-refractivity contribution in [3.8, 4) is 0 Å². The van der Waals surface area contributed by atoms with E-state index < -0.39 is 188 Å². The number of aromatic nitrogens is 1. The number of thioether (sulfide) groups is 1. The molecule has 0 spiro atoms. The summed E-state index contributed by atoms with van der Waals surface area (Å²) < 4.78 is 0. The summed E-state index contributed by atoms with van der Waals surface area (Å²) >= 11 is 0.973. The van der Waals surface area contributed by atoms with Gasteiger partial charge in [-0.2, -0.15) is 0 Å². The molecular formula is C65H95N15O17S. The highest BCUT2D eigenvalue weighted by atomic mass is 32.2. The van der Waals surface area contributed by atoms with Crippen molar-refractivity contribution in [2.75, 3.05) is 43.9 Å². The van der Waals surface area contributed by atoms with Crippen LogP contribution < -0.4 is 70.0 Å². The number of carbonyl (C=O) groups excluding carboxylic acids is 14. The number of benzene rings is 2. The van der Waals surface area contributed by atoms with Crippen LogP contribution in [0.2, 0.25) is 0 Å². The number of amides is 14. The molecule has 19 N–H and O–H groups in total. The third-order valence-electron chi connectivity index (χ3n) is 17.2. The van der Waals surface area contributed by atoms with Crippen molar-refractivity contribution in [1.82, 2.24) is 63.1 Å². The number of fused-ring (bicyclic) bond motifs is 3. The van der Waals surface area contributed by atoms with Crippen LogP contribution >= 0.6 is 11.8 Å². The van der Waals surface area contributed by atoms with Crippen molar-refractivity contribution in [3.05, 3.63) is 59.7 Å². The first-order valence-corrected chi connectivity index (χ1v) is 33.7. The standard InChI is InChI=1S/C65H95N15O17S/c1-9-34(6)55-61(94)71-27-52(87)73-46(31-98-63-41(40-13-10-11-14-42(40)77-63)24-44(58(91)70-28-53(88)79-55)75-57(90)36(8)35(7)49(84)30-81)60(93)76-45(64(96)80-29-39(82)23-47(80)56(66)89)25-51(86)69-26-37-16-18-38(19-17-37)72-59(92)43(15-12-22-68-65(67)97)74-62(95)54(33(4)5)78-50(85)21-20-48(83)32(2)3/h10-11,13-14,16-19,32-36,39,43-47,49,54-55,77,81-82,84H,9,12,15,20-31H2,1-8H3,(H2,66,89)(H,69,86)(H,70,91)(H,71,94)(H,72,92)(H,73,87)(H,74,95)(H,75,90)(H,76,93)(H,78,85)(H,79,88)(H3,67,68,97)/t34-,35+,36-,39+,43-,44-,45-,46-,47-,49-,54-,55-/m0/s1. The SMILES string of the molecule is CC[C@H](C)[C@@H]1NC(=O)CNC(=O)[C@@H](NC(=O)[C@@H](C)[C@@H](C)[C@@H](O)CO)Cc2c([nH]c3ccccc23)SC[C@@H](C(=O)N[C@@H](CC(=O)NCc2ccc(NC(=O)[C@H](CCCNC(N)=O)NC(=O)[C@@H](NC(=O)CCC(=O)C(C)C)C(C)C)cc2)C(=O)N2C[C@H](O)C[C@H]2C(N)=O)NC(=O)CNC1=O. The number of nitrogens with two attached hydrogens (primary N) is 2. The van der Waals surface area contributed by atoms with Gasteiger partial charge in [-0.1, -0.05) is 92.1 Å². The zero-order valence-electron chi connectivity index (χ0n) is 56.4. The highest BCUT2D eigenvalue weighted by molar-refractivity contribution is 7.99. The number of H-pyrrole nitrogens is 1. The van der Waals surface area contributed by atoms with Crippen molar-refractivity contribution >= 4 is 111 Å². The predicted molar refractivity (Wildman–Crippen MR) is 359 cm³/mol. The van der Waals surface area contributed by atoms with E-state index in [4.69, 9.17) is 11.5 Å². The number of aliphatic hydroxyl groups is 3. The lowest BCUT2D eigenvalue weighted by molar-refractivity contribution is -0.142. The predicted octanol–water partition coefficient (Wildman–Crippen LogP) is -2.17. The fourth-order valence-corrected chi connectivity index (χ4v) is 11.9. The third kappa shape index (κ3) is 23.8. The number of hydrogen-bond acceptors (Lipinski definition) is 18. The Bertz CT molecular complexity index is 3370. The zero-order chi connectivity index (χ0) is 72.7. The third-order valence-corrected chi connectivity index (χ3v) is 18.4. The maximum absolute atomic E-state index is 14.9. The summed E-state index contributed by atoms with van der Waals surface area (Å²) in [4.78, 5) is 194. The molecule has 1 fully saturated rings. The number of para-hydroxylation sites is 1. The Morgan fingerprint density at radius 2 is 1.43 bits per heavy atom. The molecule has 0 radical (unpaired) electrons. The molecule has 3 aromatic rings. The molecule has 33 heteroatoms. The van der Waals surface area contributed by atoms with E-state index in [2.05, 4.69) is 63.5 Å². The number of primary amides is 2. The Balaban J connectivity index is 1.42. The van der Waals surface area contributed by atoms with Gasteiger partial charge in [0.2, 0.25) is 70.9 Å². The number of Topliss-reactive ketones (excluding diaryl/α,β-unsaturated/α-hetero) is 1. The number of aliphatic hydroxyl groups excluding tert-OH is 3. The number of nitrogens with one attached hydrogen (secondary N) is 12. The van der Waals surface area contributed by atoms with E-state index in [0.29, 0.717) is 33.5 Å². The minimum atomic E-state index is -1.80. The number of β-amino-alcohol motifs (C(OH)–C–C–N with tert-alkyl or cyclic N) is 1. The summed E-state index contributed by atoms with van der Waals surface area (Å²) in [6.45, 7) is 10.7. The fourth-order valence-electron chi connectivity index (χ4n) is 10.8. The van der Waals surface area contributed by atoms with Crippen LogP contribution in [-0.2, 0) is 75.3 Å². The molecule has 5 rings (SSSR count). The molecule has 12 atom stereocenters. The van der Waals surface area contributed by atoms with Crippen LogP contribution in [0.3, 0.4) is 0 Å². The Kier molecular flexibility index (Phi) is 30.9. The molecular weight excluding hydrogens is 1290 g/mol. The molecule has 538 valence electrons. The molecule has 0 bridgehead atoms. The molecule has 2 aromatic carbocycles. The van der Waals surface area contributed by atoms with Gasteiger partial charge in [0, 0.05) is 79.5 Å². The molecule has 32 nitrogen and oxygen atoms in total. The highest BCUT2D eigenvalue weighted by Crippen LogP contribution is 2.32. The maximum Gasteiger partial charge on any atom is 0.312 e. The van der Waals surface area contributed by atoms with E-state index in [0.717, 1.165) is 16.7 Å². The van der Waals surface area contributed by atoms with Crippen LogP contribution in [0.1, 0.15) is 111 Å². The second-order valence-electron chi connectivity index (χ2n) is 25.4. The molecule has 3 heterocycles. The van der Waals surface area contributed by atoms with Gasteiger partial charge >= 0.3 is 6.03 Å². The summed E-state index contributed by atoms with van der Waals surface area (Å²) in [5.74, 6) is -13.2. The lowest BCUT2D eigenvalue weighted by atomic mass is 9.90. The topological polar surface area (TPSA) is 503 Å². The second-order valence-corrected chi connectivity index (χ2v) is 26.4. The number of urea groups is 1. The average molecular weight is 1390 g/mol. The number of likely N-dealkylation sites (tertiary alicyclic amines) is 1. The Morgan fingerprint density at radius 3 is 2.06 bits per heavy atom. The quantitative estimate of drug-likeness (QED) is 0.0329. The minimum absolute atomic E-state index is 0.0183. The van der Waals surface area contributed by atoms with Gasteiger partial charge in [0.15, 0.2) is 0 Å². The molecule has 1 aromatic heterocycles. The van der Waals surface area contributed by atoms with Crippen molar-refractivity contribution in [2.24, 2.45) is 41.1 Å². The lowest BCUT2D eigenvalue weighted by Crippen LogP contribution is -2.59. The summed E-state index contributed by atoms with van der Waals surface area (Å²) in [6.07, 6.45) is -3.40. The van der Waals surface area contributed by atoms with Gasteiger partial charge in [-0.3, -0.25) is 62.3 Å². The molecule has 2 aliphatic rings. The summed E-state index contributed by atoms with van der Waals surface area (Å²) in [5.41, 5.74) is 12.6. The molecule has 0 aliphatic carbocycles. The monoisotopic (exact) mass is 1390 g/mol. The summed E-state index contributed by atoms with van der Waals surface area (Å²) in [7, 11) is 0. The number of anilines is 1. The Hall–Kier alpha value is -9.21. The largest absolute Gasteiger partial charge is 0.394 e. The number of nitrogens with zero attached hydrogens (tertiary/aromatic N) is 1. The molecule has 2 aliphatic heterocycles. The smallest absolute Gasteiger partial charge is 0.312 e. The van der Waals surface area contributed by atoms with Gasteiger partial charge in [-0.05, 0) is 59.9 Å². The first-order chi connectivity index (χ1) is 46.3. The van der Waals surface area contributed by atoms with E-state index in [9.17, 15) is 82.4 Å². The van der Waals surface area contributed by atoms with E-state index >= 15 is 0 Å². The van der Waals surface area contributed by atoms with Crippen LogP contribution in [-0.4, -0.2) is 201 Å². The van der Waals surface area contributed by atoms with Crippen molar-refractivity contribution in [2.45, 2.75) is 173 Å². The van der Waals surface area contributed by atoms with Crippen molar-refractivity contribution in [1.29, 1.82) is 0 Å². The number of ketones is 1. The molecule has 0 saturated carbocycles. The van der Waals surface area contributed by atoms with E-state index in [1.807, 2.05) is 0 Å². The van der Waals surface area contributed by atoms with E-state index in [-0.39, 0.29) is 74.8 Å². The van der Waals surface area contributed by atoms with Gasteiger partial charge in [0.05, 0.1) is 43.4 Å². The maximum atomic E-state index is 14.9. The van der Waals surface area contributed by atoms with Crippen molar-refractivity contribution in [3.63, 3.8) is 0 Å². The van der Waals surface area contributed by atoms with E-state index in [1.54, 1.807) is 84.9 Å². The van der Waals surface area contributed by atoms with Crippen LogP contribution in [0.5, 0.6) is 0 Å². The summed E-state index contributed by atoms with van der Waals surface area (Å²) in [5, 5.41) is 60.3. The fraction of sp³-hybridized carbons (Fsp3) is 0.569. The number of rotatable bonds is 29. The number of carbonyl (C=O) groups is 14. The molecule has 98 heavy (non-hydrogen) atoms. The van der Waals surface area contributed by atoms with Gasteiger partial charge in [0.1, 0.15) is 48.1 Å². The van der Waals surface area contributed by atoms with Crippen LogP contribution in [0.25, 0.3) is 10.9 Å². The lowest BCUT2D eigenvalue weighted by Gasteiger charge is -2.29. The normalized spacial score (nSPS) is 20.1. The van der Waals surface area contributed by atoms with Gasteiger partial charge < -0.3 is 95.2 Å². The molecule has 0 unspecified atom stereocenters.